The quantitative estimate of drug-likeness (QED) is 0.778. The minimum Gasteiger partial charge on any atom is -0.378 e. The minimum atomic E-state index is 0.857. The van der Waals surface area contributed by atoms with Crippen LogP contribution in [0.1, 0.15) is 32.8 Å². The zero-order valence-electron chi connectivity index (χ0n) is 11.4. The van der Waals surface area contributed by atoms with Crippen molar-refractivity contribution in [2.45, 2.75) is 33.6 Å². The zero-order chi connectivity index (χ0) is 12.5. The van der Waals surface area contributed by atoms with Crippen molar-refractivity contribution in [2.24, 2.45) is 0 Å². The normalized spacial score (nSPS) is 15.1. The predicted octanol–water partition coefficient (Wildman–Crippen LogP) is 3.50. The lowest BCUT2D eigenvalue weighted by Crippen LogP contribution is -2.36. The molecule has 1 heterocycles. The van der Waals surface area contributed by atoms with Gasteiger partial charge in [-0.15, -0.1) is 0 Å². The van der Waals surface area contributed by atoms with Gasteiger partial charge in [-0.25, -0.2) is 0 Å². The second kappa shape index (κ2) is 8.13. The molecule has 96 valence electrons. The summed E-state index contributed by atoms with van der Waals surface area (Å²) >= 11 is 0. The van der Waals surface area contributed by atoms with Crippen LogP contribution in [-0.4, -0.2) is 26.3 Å². The van der Waals surface area contributed by atoms with Gasteiger partial charge in [-0.3, -0.25) is 0 Å². The van der Waals surface area contributed by atoms with Gasteiger partial charge in [-0.1, -0.05) is 39.3 Å². The van der Waals surface area contributed by atoms with Gasteiger partial charge in [0.05, 0.1) is 13.2 Å². The molecule has 1 aliphatic heterocycles. The fourth-order valence-corrected chi connectivity index (χ4v) is 1.79. The lowest BCUT2D eigenvalue weighted by molar-refractivity contribution is 0.122. The molecule has 2 nitrogen and oxygen atoms in total. The minimum absolute atomic E-state index is 0.857. The standard InChI is InChI=1S/C12H17NO.C3H8/c1-2-11-4-3-5-12(10-11)13-6-8-14-9-7-13;1-3-2/h3-5,10H,2,6-9H2,1H3;3H2,1-2H3. The van der Waals surface area contributed by atoms with Crippen LogP contribution in [0, 0.1) is 0 Å². The first-order valence-corrected chi connectivity index (χ1v) is 6.73. The first-order chi connectivity index (χ1) is 8.31. The highest BCUT2D eigenvalue weighted by Gasteiger charge is 2.10. The molecular weight excluding hydrogens is 210 g/mol. The summed E-state index contributed by atoms with van der Waals surface area (Å²) in [5, 5.41) is 0. The van der Waals surface area contributed by atoms with Gasteiger partial charge in [0.2, 0.25) is 0 Å². The molecule has 0 unspecified atom stereocenters. The smallest absolute Gasteiger partial charge is 0.0642 e. The molecule has 0 atom stereocenters. The molecule has 0 amide bonds. The maximum absolute atomic E-state index is 5.34. The number of anilines is 1. The Bertz CT molecular complexity index is 306. The summed E-state index contributed by atoms with van der Waals surface area (Å²) in [6.45, 7) is 10.2. The molecule has 1 saturated heterocycles. The van der Waals surface area contributed by atoms with Crippen LogP contribution in [0.15, 0.2) is 24.3 Å². The Kier molecular flexibility index (Phi) is 6.71. The van der Waals surface area contributed by atoms with Gasteiger partial charge in [-0.05, 0) is 24.1 Å². The Labute approximate surface area is 106 Å². The van der Waals surface area contributed by atoms with Crippen LogP contribution < -0.4 is 4.90 Å². The number of hydrogen-bond donors (Lipinski definition) is 0. The number of aryl methyl sites for hydroxylation is 1. The SMILES string of the molecule is CCC.CCc1cccc(N2CCOCC2)c1. The summed E-state index contributed by atoms with van der Waals surface area (Å²) in [4.78, 5) is 2.39. The first-order valence-electron chi connectivity index (χ1n) is 6.73. The van der Waals surface area contributed by atoms with Crippen molar-refractivity contribution in [1.29, 1.82) is 0 Å². The average molecular weight is 235 g/mol. The molecule has 2 rings (SSSR count). The van der Waals surface area contributed by atoms with E-state index in [-0.39, 0.29) is 0 Å². The molecule has 0 aromatic heterocycles. The molecule has 17 heavy (non-hydrogen) atoms. The largest absolute Gasteiger partial charge is 0.378 e. The molecule has 2 heteroatoms. The summed E-state index contributed by atoms with van der Waals surface area (Å²) in [6, 6.07) is 8.80. The molecule has 1 aliphatic rings. The van der Waals surface area contributed by atoms with E-state index < -0.39 is 0 Å². The summed E-state index contributed by atoms with van der Waals surface area (Å²) in [5.41, 5.74) is 2.75. The maximum atomic E-state index is 5.34. The van der Waals surface area contributed by atoms with Crippen LogP contribution in [0.2, 0.25) is 0 Å². The summed E-state index contributed by atoms with van der Waals surface area (Å²) < 4.78 is 5.34. The maximum Gasteiger partial charge on any atom is 0.0642 e. The van der Waals surface area contributed by atoms with E-state index in [1.807, 2.05) is 0 Å². The van der Waals surface area contributed by atoms with E-state index in [9.17, 15) is 0 Å². The molecule has 0 N–H and O–H groups in total. The van der Waals surface area contributed by atoms with Crippen molar-refractivity contribution in [3.63, 3.8) is 0 Å². The predicted molar refractivity (Wildman–Crippen MR) is 74.8 cm³/mol. The van der Waals surface area contributed by atoms with E-state index in [1.165, 1.54) is 17.7 Å². The Hall–Kier alpha value is -1.02. The van der Waals surface area contributed by atoms with Crippen LogP contribution in [0.4, 0.5) is 5.69 Å². The van der Waals surface area contributed by atoms with Crippen molar-refractivity contribution in [1.82, 2.24) is 0 Å². The van der Waals surface area contributed by atoms with E-state index in [4.69, 9.17) is 4.74 Å². The third-order valence-electron chi connectivity index (χ3n) is 2.70. The van der Waals surface area contributed by atoms with E-state index in [0.717, 1.165) is 32.7 Å². The van der Waals surface area contributed by atoms with Gasteiger partial charge >= 0.3 is 0 Å². The zero-order valence-corrected chi connectivity index (χ0v) is 11.4. The summed E-state index contributed by atoms with van der Waals surface area (Å²) in [5.74, 6) is 0. The van der Waals surface area contributed by atoms with Crippen LogP contribution in [0.25, 0.3) is 0 Å². The van der Waals surface area contributed by atoms with Gasteiger partial charge < -0.3 is 9.64 Å². The monoisotopic (exact) mass is 235 g/mol. The fourth-order valence-electron chi connectivity index (χ4n) is 1.79. The molecule has 1 aromatic carbocycles. The van der Waals surface area contributed by atoms with Crippen LogP contribution in [-0.2, 0) is 11.2 Å². The Morgan fingerprint density at radius 3 is 2.35 bits per heavy atom. The number of benzene rings is 1. The molecule has 0 radical (unpaired) electrons. The molecule has 0 spiro atoms. The Balaban J connectivity index is 0.000000437. The second-order valence-electron chi connectivity index (χ2n) is 4.33. The summed E-state index contributed by atoms with van der Waals surface area (Å²) in [6.07, 6.45) is 2.36. The average Bonchev–Trinajstić information content (AvgIpc) is 2.41. The molecule has 1 fully saturated rings. The third kappa shape index (κ3) is 4.78. The molecule has 0 aliphatic carbocycles. The van der Waals surface area contributed by atoms with Gasteiger partial charge in [0.1, 0.15) is 0 Å². The molecule has 0 bridgehead atoms. The van der Waals surface area contributed by atoms with E-state index in [2.05, 4.69) is 49.9 Å². The highest BCUT2D eigenvalue weighted by molar-refractivity contribution is 5.48. The van der Waals surface area contributed by atoms with Crippen LogP contribution >= 0.6 is 0 Å². The number of morpholine rings is 1. The fraction of sp³-hybridized carbons (Fsp3) is 0.600. The number of hydrogen-bond acceptors (Lipinski definition) is 2. The van der Waals surface area contributed by atoms with Gasteiger partial charge in [0.15, 0.2) is 0 Å². The molecular formula is C15H25NO. The first kappa shape index (κ1) is 14.0. The van der Waals surface area contributed by atoms with Crippen molar-refractivity contribution in [2.75, 3.05) is 31.2 Å². The van der Waals surface area contributed by atoms with Gasteiger partial charge in [0.25, 0.3) is 0 Å². The second-order valence-corrected chi connectivity index (χ2v) is 4.33. The Morgan fingerprint density at radius 2 is 1.76 bits per heavy atom. The summed E-state index contributed by atoms with van der Waals surface area (Å²) in [7, 11) is 0. The highest BCUT2D eigenvalue weighted by atomic mass is 16.5. The van der Waals surface area contributed by atoms with E-state index in [1.54, 1.807) is 0 Å². The Morgan fingerprint density at radius 1 is 1.12 bits per heavy atom. The van der Waals surface area contributed by atoms with Gasteiger partial charge in [0, 0.05) is 18.8 Å². The third-order valence-corrected chi connectivity index (χ3v) is 2.70. The van der Waals surface area contributed by atoms with Crippen molar-refractivity contribution < 1.29 is 4.74 Å². The van der Waals surface area contributed by atoms with Crippen LogP contribution in [0.5, 0.6) is 0 Å². The van der Waals surface area contributed by atoms with E-state index >= 15 is 0 Å². The molecule has 1 aromatic rings. The van der Waals surface area contributed by atoms with Gasteiger partial charge in [-0.2, -0.15) is 0 Å². The number of ether oxygens (including phenoxy) is 1. The van der Waals surface area contributed by atoms with E-state index in [0.29, 0.717) is 0 Å². The highest BCUT2D eigenvalue weighted by Crippen LogP contribution is 2.17. The number of nitrogens with zero attached hydrogens (tertiary/aromatic N) is 1. The van der Waals surface area contributed by atoms with Crippen LogP contribution in [0.3, 0.4) is 0 Å². The van der Waals surface area contributed by atoms with Crippen molar-refractivity contribution >= 4 is 5.69 Å². The number of rotatable bonds is 2. The van der Waals surface area contributed by atoms with Crippen molar-refractivity contribution in [3.8, 4) is 0 Å². The topological polar surface area (TPSA) is 12.5 Å². The lowest BCUT2D eigenvalue weighted by Gasteiger charge is -2.29. The van der Waals surface area contributed by atoms with Crippen molar-refractivity contribution in [3.05, 3.63) is 29.8 Å². The molecule has 0 saturated carbocycles. The lowest BCUT2D eigenvalue weighted by atomic mass is 10.1.